The van der Waals surface area contributed by atoms with Gasteiger partial charge in [0, 0.05) is 19.3 Å². The van der Waals surface area contributed by atoms with Gasteiger partial charge in [0.15, 0.2) is 12.1 Å². The molecule has 0 fully saturated rings. The molecule has 57 heavy (non-hydrogen) atoms. The van der Waals surface area contributed by atoms with Crippen LogP contribution >= 0.6 is 0 Å². The second kappa shape index (κ2) is 40.8. The van der Waals surface area contributed by atoms with E-state index in [1.54, 1.807) is 0 Å². The number of carboxylic acid groups (broad SMARTS) is 1. The second-order valence-corrected chi connectivity index (χ2v) is 17.7. The number of carbonyl (C=O) groups excluding carboxylic acids is 2. The number of hydrogen-bond donors (Lipinski definition) is 1. The van der Waals surface area contributed by atoms with Crippen LogP contribution in [-0.4, -0.2) is 80.6 Å². The summed E-state index contributed by atoms with van der Waals surface area (Å²) in [6.07, 6.45) is 44.0. The minimum Gasteiger partial charge on any atom is -0.477 e. The fraction of sp³-hybridized carbons (Fsp3) is 0.898. The first-order chi connectivity index (χ1) is 27.6. The minimum absolute atomic E-state index is 0.0528. The van der Waals surface area contributed by atoms with Gasteiger partial charge >= 0.3 is 17.9 Å². The molecule has 0 rings (SSSR count). The van der Waals surface area contributed by atoms with Gasteiger partial charge in [0.05, 0.1) is 34.4 Å². The van der Waals surface area contributed by atoms with Gasteiger partial charge in [-0.3, -0.25) is 9.59 Å². The van der Waals surface area contributed by atoms with Gasteiger partial charge in [-0.25, -0.2) is 4.79 Å². The topological polar surface area (TPSA) is 99.1 Å². The van der Waals surface area contributed by atoms with Crippen molar-refractivity contribution in [1.82, 2.24) is 0 Å². The Morgan fingerprint density at radius 2 is 0.877 bits per heavy atom. The number of nitrogens with zero attached hydrogens (tertiary/aromatic N) is 1. The van der Waals surface area contributed by atoms with E-state index in [2.05, 4.69) is 26.0 Å². The maximum Gasteiger partial charge on any atom is 0.362 e. The van der Waals surface area contributed by atoms with Crippen LogP contribution in [0.1, 0.15) is 232 Å². The maximum atomic E-state index is 12.8. The number of rotatable bonds is 44. The number of esters is 2. The number of quaternary nitrogens is 1. The van der Waals surface area contributed by atoms with Gasteiger partial charge in [-0.1, -0.05) is 187 Å². The molecule has 0 bridgehead atoms. The van der Waals surface area contributed by atoms with E-state index in [4.69, 9.17) is 14.2 Å². The predicted molar refractivity (Wildman–Crippen MR) is 239 cm³/mol. The molecule has 8 nitrogen and oxygen atoms in total. The third-order valence-corrected chi connectivity index (χ3v) is 11.2. The molecule has 2 unspecified atom stereocenters. The Bertz CT molecular complexity index is 947. The van der Waals surface area contributed by atoms with Crippen LogP contribution in [0.25, 0.3) is 0 Å². The van der Waals surface area contributed by atoms with Gasteiger partial charge < -0.3 is 23.8 Å². The number of aliphatic carboxylic acids is 1. The highest BCUT2D eigenvalue weighted by Crippen LogP contribution is 2.16. The Labute approximate surface area is 352 Å². The highest BCUT2D eigenvalue weighted by molar-refractivity contribution is 5.72. The Balaban J connectivity index is 4.25. The number of allylic oxidation sites excluding steroid dienone is 2. The molecule has 336 valence electrons. The van der Waals surface area contributed by atoms with E-state index in [9.17, 15) is 19.5 Å². The fourth-order valence-electron chi connectivity index (χ4n) is 7.38. The van der Waals surface area contributed by atoms with E-state index in [1.807, 2.05) is 21.1 Å². The second-order valence-electron chi connectivity index (χ2n) is 17.7. The molecule has 0 aromatic carbocycles. The molecule has 0 aliphatic carbocycles. The Morgan fingerprint density at radius 3 is 1.28 bits per heavy atom. The lowest BCUT2D eigenvalue weighted by Gasteiger charge is -2.31. The zero-order chi connectivity index (χ0) is 42.1. The van der Waals surface area contributed by atoms with Crippen LogP contribution in [0.4, 0.5) is 0 Å². The van der Waals surface area contributed by atoms with E-state index in [1.165, 1.54) is 148 Å². The van der Waals surface area contributed by atoms with Crippen molar-refractivity contribution < 1.29 is 38.2 Å². The third kappa shape index (κ3) is 39.3. The molecule has 0 aliphatic rings. The van der Waals surface area contributed by atoms with E-state index in [0.29, 0.717) is 19.3 Å². The maximum absolute atomic E-state index is 12.8. The standard InChI is InChI=1S/C49H93NO7/c1-6-8-10-12-14-16-18-20-22-23-24-25-26-28-30-32-34-36-38-40-48(52)57-45(43-55-42-41-46(49(53)54)50(3,4)5)44-56-47(51)39-37-35-33-31-29-27-21-19-17-15-13-11-9-7-2/h27,29,45-46H,6-26,28,30-44H2,1-5H3/p+1/b29-27+. The molecule has 0 amide bonds. The lowest BCUT2D eigenvalue weighted by atomic mass is 10.0. The summed E-state index contributed by atoms with van der Waals surface area (Å²) in [5, 5.41) is 9.63. The lowest BCUT2D eigenvalue weighted by molar-refractivity contribution is -0.887. The van der Waals surface area contributed by atoms with Crippen LogP contribution in [0.15, 0.2) is 12.2 Å². The van der Waals surface area contributed by atoms with E-state index in [0.717, 1.165) is 51.4 Å². The zero-order valence-corrected chi connectivity index (χ0v) is 38.3. The van der Waals surface area contributed by atoms with Crippen molar-refractivity contribution in [3.8, 4) is 0 Å². The molecular weight excluding hydrogens is 715 g/mol. The first kappa shape index (κ1) is 55.1. The number of ether oxygens (including phenoxy) is 3. The number of likely N-dealkylation sites (N-methyl/N-ethyl adjacent to an activating group) is 1. The van der Waals surface area contributed by atoms with Crippen LogP contribution in [0, 0.1) is 0 Å². The highest BCUT2D eigenvalue weighted by Gasteiger charge is 2.31. The van der Waals surface area contributed by atoms with Crippen molar-refractivity contribution in [2.45, 2.75) is 244 Å². The van der Waals surface area contributed by atoms with E-state index >= 15 is 0 Å². The van der Waals surface area contributed by atoms with Crippen LogP contribution in [-0.2, 0) is 28.6 Å². The minimum atomic E-state index is -0.873. The summed E-state index contributed by atoms with van der Waals surface area (Å²) in [6.45, 7) is 4.75. The Hall–Kier alpha value is -1.93. The highest BCUT2D eigenvalue weighted by atomic mass is 16.6. The SMILES string of the molecule is CCCCCCCCC/C=C/CCCCCC(=O)OCC(COCCC(C(=O)O)[N+](C)(C)C)OC(=O)CCCCCCCCCCCCCCCCCCCCC. The molecule has 0 saturated heterocycles. The normalized spacial score (nSPS) is 12.9. The average Bonchev–Trinajstić information content (AvgIpc) is 3.17. The van der Waals surface area contributed by atoms with Crippen LogP contribution < -0.4 is 0 Å². The largest absolute Gasteiger partial charge is 0.477 e. The monoisotopic (exact) mass is 809 g/mol. The molecule has 8 heteroatoms. The van der Waals surface area contributed by atoms with Gasteiger partial charge in [0.25, 0.3) is 0 Å². The van der Waals surface area contributed by atoms with Crippen LogP contribution in [0.2, 0.25) is 0 Å². The molecular formula is C49H94NO7+. The van der Waals surface area contributed by atoms with Crippen molar-refractivity contribution >= 4 is 17.9 Å². The summed E-state index contributed by atoms with van der Waals surface area (Å²) in [4.78, 5) is 37.0. The number of carboxylic acids is 1. The van der Waals surface area contributed by atoms with Crippen LogP contribution in [0.5, 0.6) is 0 Å². The lowest BCUT2D eigenvalue weighted by Crippen LogP contribution is -2.50. The molecule has 0 aliphatic heterocycles. The summed E-state index contributed by atoms with van der Waals surface area (Å²) in [5.74, 6) is -1.47. The molecule has 0 spiro atoms. The first-order valence-electron chi connectivity index (χ1n) is 24.2. The average molecular weight is 809 g/mol. The Morgan fingerprint density at radius 1 is 0.509 bits per heavy atom. The van der Waals surface area contributed by atoms with Gasteiger partial charge in [-0.2, -0.15) is 0 Å². The number of carbonyl (C=O) groups is 3. The van der Waals surface area contributed by atoms with E-state index < -0.39 is 18.1 Å². The molecule has 0 radical (unpaired) electrons. The summed E-state index contributed by atoms with van der Waals surface area (Å²) in [7, 11) is 5.54. The van der Waals surface area contributed by atoms with Crippen molar-refractivity contribution in [3.05, 3.63) is 12.2 Å². The zero-order valence-electron chi connectivity index (χ0n) is 38.3. The number of hydrogen-bond acceptors (Lipinski definition) is 6. The van der Waals surface area contributed by atoms with Gasteiger partial charge in [-0.05, 0) is 38.5 Å². The molecule has 0 heterocycles. The molecule has 1 N–H and O–H groups in total. The van der Waals surface area contributed by atoms with Crippen LogP contribution in [0.3, 0.4) is 0 Å². The molecule has 0 saturated carbocycles. The quantitative estimate of drug-likeness (QED) is 0.0283. The summed E-state index contributed by atoms with van der Waals surface area (Å²) >= 11 is 0. The molecule has 0 aromatic rings. The summed E-state index contributed by atoms with van der Waals surface area (Å²) < 4.78 is 17.3. The predicted octanol–water partition coefficient (Wildman–Crippen LogP) is 13.5. The molecule has 0 aromatic heterocycles. The van der Waals surface area contributed by atoms with Gasteiger partial charge in [0.1, 0.15) is 6.61 Å². The summed E-state index contributed by atoms with van der Waals surface area (Å²) in [6, 6.07) is -0.612. The first-order valence-corrected chi connectivity index (χ1v) is 24.2. The van der Waals surface area contributed by atoms with Crippen molar-refractivity contribution in [2.75, 3.05) is 41.0 Å². The van der Waals surface area contributed by atoms with Crippen molar-refractivity contribution in [2.24, 2.45) is 0 Å². The summed E-state index contributed by atoms with van der Waals surface area (Å²) in [5.41, 5.74) is 0. The number of unbranched alkanes of at least 4 members (excludes halogenated alkanes) is 28. The fourth-order valence-corrected chi connectivity index (χ4v) is 7.38. The third-order valence-electron chi connectivity index (χ3n) is 11.2. The molecule has 2 atom stereocenters. The van der Waals surface area contributed by atoms with Gasteiger partial charge in [0.2, 0.25) is 0 Å². The van der Waals surface area contributed by atoms with Crippen molar-refractivity contribution in [1.29, 1.82) is 0 Å². The van der Waals surface area contributed by atoms with Gasteiger partial charge in [-0.15, -0.1) is 0 Å². The Kier molecular flexibility index (Phi) is 39.4. The van der Waals surface area contributed by atoms with E-state index in [-0.39, 0.29) is 36.2 Å². The van der Waals surface area contributed by atoms with Crippen molar-refractivity contribution in [3.63, 3.8) is 0 Å². The smallest absolute Gasteiger partial charge is 0.362 e.